The minimum atomic E-state index is -0.659. The van der Waals surface area contributed by atoms with Crippen molar-refractivity contribution in [3.8, 4) is 0 Å². The second kappa shape index (κ2) is 8.04. The van der Waals surface area contributed by atoms with E-state index >= 15 is 0 Å². The molecule has 8 nitrogen and oxygen atoms in total. The van der Waals surface area contributed by atoms with Crippen molar-refractivity contribution in [1.29, 1.82) is 0 Å². The van der Waals surface area contributed by atoms with Gasteiger partial charge in [0.1, 0.15) is 10.3 Å². The number of carbonyl (C=O) groups is 2. The number of carbonyl (C=O) groups excluding carboxylic acids is 2. The van der Waals surface area contributed by atoms with E-state index in [2.05, 4.69) is 9.97 Å². The van der Waals surface area contributed by atoms with Crippen LogP contribution in [0.4, 0.5) is 10.6 Å². The Hall–Kier alpha value is -1.97. The number of halogens is 1. The van der Waals surface area contributed by atoms with Crippen molar-refractivity contribution >= 4 is 51.3 Å². The molecule has 0 saturated heterocycles. The summed E-state index contributed by atoms with van der Waals surface area (Å²) in [5, 5.41) is 1.80. The number of anilines is 1. The van der Waals surface area contributed by atoms with Crippen LogP contribution in [0, 0.1) is 0 Å². The summed E-state index contributed by atoms with van der Waals surface area (Å²) >= 11 is 6.77. The highest BCUT2D eigenvalue weighted by Crippen LogP contribution is 2.25. The standard InChI is InChI=1S/C13H15ClN4O4S/c1-3-22-12(19)9-10(16-11-8(15-9)4-7-23-11)18(5-6-21-2)13(20)17-14/h4,7H,3,5-6H2,1-2H3,(H,17,20). The number of ether oxygens (including phenoxy) is 2. The van der Waals surface area contributed by atoms with Gasteiger partial charge in [-0.25, -0.2) is 24.4 Å². The fourth-order valence-electron chi connectivity index (χ4n) is 1.84. The Kier molecular flexibility index (Phi) is 6.08. The van der Waals surface area contributed by atoms with Crippen molar-refractivity contribution in [2.45, 2.75) is 6.92 Å². The number of thiophene rings is 1. The summed E-state index contributed by atoms with van der Waals surface area (Å²) in [6.07, 6.45) is 0. The van der Waals surface area contributed by atoms with E-state index in [1.165, 1.54) is 23.3 Å². The maximum absolute atomic E-state index is 12.2. The van der Waals surface area contributed by atoms with Gasteiger partial charge in [0.15, 0.2) is 11.5 Å². The summed E-state index contributed by atoms with van der Waals surface area (Å²) in [5.74, 6) is -0.582. The van der Waals surface area contributed by atoms with Gasteiger partial charge in [-0.2, -0.15) is 0 Å². The highest BCUT2D eigenvalue weighted by Gasteiger charge is 2.26. The molecular weight excluding hydrogens is 344 g/mol. The number of fused-ring (bicyclic) bond motifs is 1. The van der Waals surface area contributed by atoms with Crippen molar-refractivity contribution in [3.63, 3.8) is 0 Å². The zero-order valence-electron chi connectivity index (χ0n) is 12.5. The summed E-state index contributed by atoms with van der Waals surface area (Å²) in [7, 11) is 1.50. The maximum atomic E-state index is 12.2. The SMILES string of the molecule is CCOC(=O)c1nc2ccsc2nc1N(CCOC)C(=O)NCl. The third-order valence-corrected chi connectivity index (χ3v) is 3.80. The van der Waals surface area contributed by atoms with E-state index in [9.17, 15) is 9.59 Å². The van der Waals surface area contributed by atoms with Crippen molar-refractivity contribution in [3.05, 3.63) is 17.1 Å². The molecule has 0 saturated carbocycles. The summed E-state index contributed by atoms with van der Waals surface area (Å²) in [6, 6.07) is 1.10. The molecule has 2 rings (SSSR count). The molecule has 0 atom stereocenters. The van der Waals surface area contributed by atoms with E-state index in [-0.39, 0.29) is 31.3 Å². The molecule has 2 heterocycles. The monoisotopic (exact) mass is 358 g/mol. The third kappa shape index (κ3) is 3.87. The molecule has 1 N–H and O–H groups in total. The highest BCUT2D eigenvalue weighted by molar-refractivity contribution is 7.16. The fourth-order valence-corrected chi connectivity index (χ4v) is 2.65. The van der Waals surface area contributed by atoms with Crippen molar-refractivity contribution in [1.82, 2.24) is 14.8 Å². The summed E-state index contributed by atoms with van der Waals surface area (Å²) in [6.45, 7) is 2.24. The second-order valence-electron chi connectivity index (χ2n) is 4.27. The number of urea groups is 1. The van der Waals surface area contributed by atoms with Gasteiger partial charge in [-0.15, -0.1) is 11.3 Å². The Bertz CT molecular complexity index is 708. The van der Waals surface area contributed by atoms with Gasteiger partial charge >= 0.3 is 12.0 Å². The zero-order chi connectivity index (χ0) is 16.8. The molecule has 2 aromatic rings. The minimum absolute atomic E-state index is 0.0471. The Morgan fingerprint density at radius 2 is 2.22 bits per heavy atom. The van der Waals surface area contributed by atoms with Gasteiger partial charge in [0.2, 0.25) is 0 Å². The van der Waals surface area contributed by atoms with Gasteiger partial charge < -0.3 is 9.47 Å². The first-order valence-electron chi connectivity index (χ1n) is 6.71. The van der Waals surface area contributed by atoms with E-state index in [0.29, 0.717) is 10.3 Å². The molecule has 23 heavy (non-hydrogen) atoms. The first kappa shape index (κ1) is 17.4. The van der Waals surface area contributed by atoms with Crippen LogP contribution in [0.1, 0.15) is 17.4 Å². The third-order valence-electron chi connectivity index (χ3n) is 2.85. The molecule has 0 aliphatic carbocycles. The molecule has 0 aliphatic rings. The molecule has 124 valence electrons. The number of rotatable bonds is 6. The first-order valence-corrected chi connectivity index (χ1v) is 7.97. The van der Waals surface area contributed by atoms with Crippen LogP contribution in [0.3, 0.4) is 0 Å². The van der Waals surface area contributed by atoms with Crippen LogP contribution in [-0.4, -0.2) is 48.8 Å². The number of aromatic nitrogens is 2. The number of nitrogens with zero attached hydrogens (tertiary/aromatic N) is 3. The Labute approximate surface area is 141 Å². The van der Waals surface area contributed by atoms with Gasteiger partial charge in [0.05, 0.1) is 19.8 Å². The van der Waals surface area contributed by atoms with E-state index in [0.717, 1.165) is 0 Å². The van der Waals surface area contributed by atoms with Crippen LogP contribution in [0.25, 0.3) is 10.3 Å². The van der Waals surface area contributed by atoms with Gasteiger partial charge in [0.25, 0.3) is 0 Å². The lowest BCUT2D eigenvalue weighted by molar-refractivity contribution is 0.0520. The van der Waals surface area contributed by atoms with E-state index in [1.807, 2.05) is 4.84 Å². The molecule has 0 unspecified atom stereocenters. The number of hydrogen-bond donors (Lipinski definition) is 1. The molecular formula is C13H15ClN4O4S. The normalized spacial score (nSPS) is 10.6. The molecule has 2 amide bonds. The zero-order valence-corrected chi connectivity index (χ0v) is 14.1. The predicted octanol–water partition coefficient (Wildman–Crippen LogP) is 2.18. The number of methoxy groups -OCH3 is 1. The summed E-state index contributed by atoms with van der Waals surface area (Å²) < 4.78 is 9.98. The van der Waals surface area contributed by atoms with Crippen LogP contribution in [0.15, 0.2) is 11.4 Å². The van der Waals surface area contributed by atoms with Crippen molar-refractivity contribution in [2.24, 2.45) is 0 Å². The molecule has 0 aliphatic heterocycles. The molecule has 0 bridgehead atoms. The second-order valence-corrected chi connectivity index (χ2v) is 5.35. The average molecular weight is 359 g/mol. The lowest BCUT2D eigenvalue weighted by atomic mass is 10.3. The Morgan fingerprint density at radius 1 is 1.43 bits per heavy atom. The van der Waals surface area contributed by atoms with Gasteiger partial charge in [-0.1, -0.05) is 0 Å². The predicted molar refractivity (Wildman–Crippen MR) is 87.0 cm³/mol. The first-order chi connectivity index (χ1) is 11.1. The number of esters is 1. The van der Waals surface area contributed by atoms with Gasteiger partial charge in [-0.05, 0) is 18.4 Å². The van der Waals surface area contributed by atoms with Crippen LogP contribution in [-0.2, 0) is 9.47 Å². The van der Waals surface area contributed by atoms with Crippen molar-refractivity contribution < 1.29 is 19.1 Å². The number of nitrogens with one attached hydrogen (secondary N) is 1. The highest BCUT2D eigenvalue weighted by atomic mass is 35.5. The maximum Gasteiger partial charge on any atom is 0.360 e. The topological polar surface area (TPSA) is 93.7 Å². The largest absolute Gasteiger partial charge is 0.461 e. The number of hydrogen-bond acceptors (Lipinski definition) is 7. The van der Waals surface area contributed by atoms with Crippen LogP contribution >= 0.6 is 23.1 Å². The molecule has 2 aromatic heterocycles. The lowest BCUT2D eigenvalue weighted by Crippen LogP contribution is -2.40. The van der Waals surface area contributed by atoms with Crippen LogP contribution < -0.4 is 9.74 Å². The van der Waals surface area contributed by atoms with Crippen LogP contribution in [0.5, 0.6) is 0 Å². The van der Waals surface area contributed by atoms with Gasteiger partial charge in [-0.3, -0.25) is 4.90 Å². The van der Waals surface area contributed by atoms with E-state index in [1.54, 1.807) is 18.4 Å². The molecule has 0 spiro atoms. The Morgan fingerprint density at radius 3 is 2.87 bits per heavy atom. The minimum Gasteiger partial charge on any atom is -0.461 e. The molecule has 0 radical (unpaired) electrons. The lowest BCUT2D eigenvalue weighted by Gasteiger charge is -2.21. The average Bonchev–Trinajstić information content (AvgIpc) is 3.01. The summed E-state index contributed by atoms with van der Waals surface area (Å²) in [5.41, 5.74) is 0.508. The molecule has 0 fully saturated rings. The molecule has 0 aromatic carbocycles. The smallest absolute Gasteiger partial charge is 0.360 e. The fraction of sp³-hybridized carbons (Fsp3) is 0.385. The number of amides is 2. The van der Waals surface area contributed by atoms with Crippen molar-refractivity contribution in [2.75, 3.05) is 31.8 Å². The van der Waals surface area contributed by atoms with Gasteiger partial charge in [0, 0.05) is 18.9 Å². The van der Waals surface area contributed by atoms with E-state index < -0.39 is 12.0 Å². The summed E-state index contributed by atoms with van der Waals surface area (Å²) in [4.78, 5) is 36.6. The quantitative estimate of drug-likeness (QED) is 0.628. The van der Waals surface area contributed by atoms with E-state index in [4.69, 9.17) is 21.3 Å². The molecule has 10 heteroatoms. The van der Waals surface area contributed by atoms with Crippen LogP contribution in [0.2, 0.25) is 0 Å². The Balaban J connectivity index is 2.54.